The van der Waals surface area contributed by atoms with Gasteiger partial charge in [-0.2, -0.15) is 0 Å². The Kier molecular flexibility index (Phi) is 7.72. The van der Waals surface area contributed by atoms with Crippen molar-refractivity contribution in [2.75, 3.05) is 28.6 Å². The Morgan fingerprint density at radius 1 is 0.939 bits per heavy atom. The number of amides is 2. The Morgan fingerprint density at radius 2 is 1.58 bits per heavy atom. The van der Waals surface area contributed by atoms with Crippen LogP contribution in [0.15, 0.2) is 82.2 Å². The summed E-state index contributed by atoms with van der Waals surface area (Å²) < 4.78 is 33.8. The molecule has 8 nitrogen and oxygen atoms in total. The maximum Gasteiger partial charge on any atom is 0.264 e. The van der Waals surface area contributed by atoms with E-state index in [1.165, 1.54) is 38.3 Å². The standard InChI is InChI=1S/C23H22BrN3O5S/c1-16(28)25-17-7-13-20(14-8-17)33(30,31)27(18-9-11-19(32-2)12-10-18)15-23(29)26-22-6-4-3-5-21(22)24/h3-14H,15H2,1-2H3,(H,25,28)(H,26,29). The zero-order valence-electron chi connectivity index (χ0n) is 17.9. The maximum absolute atomic E-state index is 13.5. The van der Waals surface area contributed by atoms with Crippen LogP contribution in [0.1, 0.15) is 6.92 Å². The van der Waals surface area contributed by atoms with E-state index in [1.54, 1.807) is 48.5 Å². The molecule has 0 spiro atoms. The Labute approximate surface area is 200 Å². The highest BCUT2D eigenvalue weighted by Crippen LogP contribution is 2.27. The first-order chi connectivity index (χ1) is 15.7. The summed E-state index contributed by atoms with van der Waals surface area (Å²) in [5, 5.41) is 5.32. The van der Waals surface area contributed by atoms with E-state index in [9.17, 15) is 18.0 Å². The van der Waals surface area contributed by atoms with Crippen molar-refractivity contribution >= 4 is 54.8 Å². The summed E-state index contributed by atoms with van der Waals surface area (Å²) in [6.45, 7) is 0.906. The molecule has 0 unspecified atom stereocenters. The zero-order valence-corrected chi connectivity index (χ0v) is 20.3. The van der Waals surface area contributed by atoms with Crippen LogP contribution in [0.25, 0.3) is 0 Å². The third-order valence-electron chi connectivity index (χ3n) is 4.56. The number of benzene rings is 3. The van der Waals surface area contributed by atoms with E-state index >= 15 is 0 Å². The number of carbonyl (C=O) groups is 2. The minimum Gasteiger partial charge on any atom is -0.497 e. The number of nitrogens with zero attached hydrogens (tertiary/aromatic N) is 1. The number of nitrogens with one attached hydrogen (secondary N) is 2. The lowest BCUT2D eigenvalue weighted by Gasteiger charge is -2.24. The molecule has 33 heavy (non-hydrogen) atoms. The normalized spacial score (nSPS) is 10.9. The van der Waals surface area contributed by atoms with E-state index in [0.29, 0.717) is 27.3 Å². The van der Waals surface area contributed by atoms with Gasteiger partial charge in [0.1, 0.15) is 12.3 Å². The van der Waals surface area contributed by atoms with Gasteiger partial charge in [0.15, 0.2) is 0 Å². The predicted molar refractivity (Wildman–Crippen MR) is 131 cm³/mol. The molecule has 0 aliphatic carbocycles. The highest BCUT2D eigenvalue weighted by Gasteiger charge is 2.27. The molecule has 0 saturated heterocycles. The lowest BCUT2D eigenvalue weighted by atomic mass is 10.3. The molecule has 3 rings (SSSR count). The first-order valence-corrected chi connectivity index (χ1v) is 12.0. The van der Waals surface area contributed by atoms with E-state index in [4.69, 9.17) is 4.74 Å². The zero-order chi connectivity index (χ0) is 24.0. The van der Waals surface area contributed by atoms with Crippen LogP contribution in [-0.4, -0.2) is 33.9 Å². The number of rotatable bonds is 8. The van der Waals surface area contributed by atoms with Gasteiger partial charge in [0.2, 0.25) is 11.8 Å². The van der Waals surface area contributed by atoms with E-state index in [-0.39, 0.29) is 10.8 Å². The van der Waals surface area contributed by atoms with Crippen LogP contribution < -0.4 is 19.7 Å². The van der Waals surface area contributed by atoms with Crippen LogP contribution in [0.5, 0.6) is 5.75 Å². The third-order valence-corrected chi connectivity index (χ3v) is 7.04. The molecule has 10 heteroatoms. The van der Waals surface area contributed by atoms with Crippen molar-refractivity contribution in [2.24, 2.45) is 0 Å². The van der Waals surface area contributed by atoms with Crippen molar-refractivity contribution in [1.29, 1.82) is 0 Å². The summed E-state index contributed by atoms with van der Waals surface area (Å²) in [5.41, 5.74) is 1.28. The fourth-order valence-electron chi connectivity index (χ4n) is 2.99. The maximum atomic E-state index is 13.5. The highest BCUT2D eigenvalue weighted by atomic mass is 79.9. The number of sulfonamides is 1. The van der Waals surface area contributed by atoms with Gasteiger partial charge < -0.3 is 15.4 Å². The van der Waals surface area contributed by atoms with Gasteiger partial charge in [-0.25, -0.2) is 8.42 Å². The highest BCUT2D eigenvalue weighted by molar-refractivity contribution is 9.10. The van der Waals surface area contributed by atoms with E-state index in [0.717, 1.165) is 4.31 Å². The topological polar surface area (TPSA) is 105 Å². The van der Waals surface area contributed by atoms with Crippen molar-refractivity contribution in [1.82, 2.24) is 0 Å². The first-order valence-electron chi connectivity index (χ1n) is 9.79. The van der Waals surface area contributed by atoms with Gasteiger partial charge >= 0.3 is 0 Å². The lowest BCUT2D eigenvalue weighted by Crippen LogP contribution is -2.38. The van der Waals surface area contributed by atoms with Crippen molar-refractivity contribution in [3.63, 3.8) is 0 Å². The average molecular weight is 532 g/mol. The van der Waals surface area contributed by atoms with E-state index in [1.807, 2.05) is 0 Å². The largest absolute Gasteiger partial charge is 0.497 e. The number of hydrogen-bond acceptors (Lipinski definition) is 5. The average Bonchev–Trinajstić information content (AvgIpc) is 2.79. The molecule has 0 saturated carbocycles. The van der Waals surface area contributed by atoms with E-state index < -0.39 is 22.5 Å². The van der Waals surface area contributed by atoms with Gasteiger partial charge in [0, 0.05) is 17.1 Å². The quantitative estimate of drug-likeness (QED) is 0.452. The number of anilines is 3. The number of para-hydroxylation sites is 1. The number of hydrogen-bond donors (Lipinski definition) is 2. The lowest BCUT2D eigenvalue weighted by molar-refractivity contribution is -0.115. The summed E-state index contributed by atoms with van der Waals surface area (Å²) >= 11 is 3.36. The molecule has 0 aliphatic rings. The second-order valence-corrected chi connectivity index (χ2v) is 9.66. The van der Waals surface area contributed by atoms with Gasteiger partial charge in [-0.15, -0.1) is 0 Å². The van der Waals surface area contributed by atoms with Gasteiger partial charge in [-0.05, 0) is 76.6 Å². The molecular weight excluding hydrogens is 510 g/mol. The van der Waals surface area contributed by atoms with Crippen LogP contribution in [0.3, 0.4) is 0 Å². The smallest absolute Gasteiger partial charge is 0.264 e. The number of halogens is 1. The molecule has 2 N–H and O–H groups in total. The molecule has 0 radical (unpaired) electrons. The monoisotopic (exact) mass is 531 g/mol. The summed E-state index contributed by atoms with van der Waals surface area (Å²) in [4.78, 5) is 24.0. The van der Waals surface area contributed by atoms with Crippen molar-refractivity contribution in [3.8, 4) is 5.75 Å². The summed E-state index contributed by atoms with van der Waals surface area (Å²) in [6, 6.07) is 19.1. The Balaban J connectivity index is 1.94. The third kappa shape index (κ3) is 6.11. The number of methoxy groups -OCH3 is 1. The Bertz CT molecular complexity index is 1250. The molecule has 3 aromatic carbocycles. The first kappa shape index (κ1) is 24.3. The molecule has 0 fully saturated rings. The van der Waals surface area contributed by atoms with Crippen LogP contribution >= 0.6 is 15.9 Å². The minimum atomic E-state index is -4.11. The molecule has 0 atom stereocenters. The SMILES string of the molecule is COc1ccc(N(CC(=O)Nc2ccccc2Br)S(=O)(=O)c2ccc(NC(C)=O)cc2)cc1. The van der Waals surface area contributed by atoms with Gasteiger partial charge in [-0.1, -0.05) is 12.1 Å². The van der Waals surface area contributed by atoms with Crippen molar-refractivity contribution < 1.29 is 22.7 Å². The van der Waals surface area contributed by atoms with Crippen LogP contribution in [0, 0.1) is 0 Å². The van der Waals surface area contributed by atoms with Crippen LogP contribution in [0.4, 0.5) is 17.1 Å². The molecule has 0 aromatic heterocycles. The molecule has 3 aromatic rings. The van der Waals surface area contributed by atoms with E-state index in [2.05, 4.69) is 26.6 Å². The second kappa shape index (κ2) is 10.5. The molecule has 172 valence electrons. The van der Waals surface area contributed by atoms with Crippen LogP contribution in [-0.2, 0) is 19.6 Å². The fraction of sp³-hybridized carbons (Fsp3) is 0.130. The molecule has 2 amide bonds. The molecule has 0 bridgehead atoms. The number of ether oxygens (including phenoxy) is 1. The second-order valence-electron chi connectivity index (χ2n) is 6.94. The molecular formula is C23H22BrN3O5S. The van der Waals surface area contributed by atoms with Gasteiger partial charge in [0.05, 0.1) is 23.4 Å². The summed E-state index contributed by atoms with van der Waals surface area (Å²) in [5.74, 6) is -0.237. The van der Waals surface area contributed by atoms with Crippen molar-refractivity contribution in [3.05, 3.63) is 77.3 Å². The summed E-state index contributed by atoms with van der Waals surface area (Å²) in [7, 11) is -2.60. The number of carbonyl (C=O) groups excluding carboxylic acids is 2. The van der Waals surface area contributed by atoms with Gasteiger partial charge in [-0.3, -0.25) is 13.9 Å². The van der Waals surface area contributed by atoms with Crippen molar-refractivity contribution in [2.45, 2.75) is 11.8 Å². The van der Waals surface area contributed by atoms with Gasteiger partial charge in [0.25, 0.3) is 10.0 Å². The Morgan fingerprint density at radius 3 is 2.15 bits per heavy atom. The fourth-order valence-corrected chi connectivity index (χ4v) is 4.79. The summed E-state index contributed by atoms with van der Waals surface area (Å²) in [6.07, 6.45) is 0. The minimum absolute atomic E-state index is 0.0267. The molecule has 0 heterocycles. The Hall–Kier alpha value is -3.37. The predicted octanol–water partition coefficient (Wildman–Crippen LogP) is 4.25. The van der Waals surface area contributed by atoms with Crippen LogP contribution in [0.2, 0.25) is 0 Å². The molecule has 0 aliphatic heterocycles.